The average Bonchev–Trinajstić information content (AvgIpc) is 1.72. The van der Waals surface area contributed by atoms with Gasteiger partial charge in [0.2, 0.25) is 0 Å². The molecule has 0 aliphatic carbocycles. The summed E-state index contributed by atoms with van der Waals surface area (Å²) in [7, 11) is 0. The molecule has 0 amide bonds. The summed E-state index contributed by atoms with van der Waals surface area (Å²) < 4.78 is 0. The van der Waals surface area contributed by atoms with Crippen molar-refractivity contribution in [1.29, 1.82) is 0 Å². The molecule has 0 aromatic heterocycles. The zero-order valence-electron chi connectivity index (χ0n) is 5.79. The van der Waals surface area contributed by atoms with Crippen molar-refractivity contribution < 1.29 is 2.85 Å². The van der Waals surface area contributed by atoms with E-state index in [1.807, 2.05) is 11.5 Å². The quantitative estimate of drug-likeness (QED) is 0.395. The summed E-state index contributed by atoms with van der Waals surface area (Å²) in [5, 5.41) is 5.60. The topological polar surface area (TPSA) is 24.4 Å². The Morgan fingerprint density at radius 1 is 1.71 bits per heavy atom. The number of hydrogen-bond donors (Lipinski definition) is 1. The van der Waals surface area contributed by atoms with Gasteiger partial charge in [0.25, 0.3) is 0 Å². The first-order chi connectivity index (χ1) is 3.00. The molecule has 1 N–H and O–H groups in total. The normalized spacial score (nSPS) is 14.9. The number of rotatable bonds is 0. The van der Waals surface area contributed by atoms with Crippen LogP contribution in [0.3, 0.4) is 0 Å². The van der Waals surface area contributed by atoms with Crippen LogP contribution in [-0.2, 0) is 0 Å². The van der Waals surface area contributed by atoms with Crippen molar-refractivity contribution in [2.45, 2.75) is 0 Å². The van der Waals surface area contributed by atoms with E-state index in [9.17, 15) is 0 Å². The van der Waals surface area contributed by atoms with Gasteiger partial charge in [-0.2, -0.15) is 5.10 Å². The van der Waals surface area contributed by atoms with Crippen LogP contribution in [0.2, 0.25) is 0 Å². The number of hydrazone groups is 1. The second-order valence-corrected chi connectivity index (χ2v) is 1.51. The summed E-state index contributed by atoms with van der Waals surface area (Å²) in [6.45, 7) is 0. The molecule has 36 valence electrons. The molecule has 1 aliphatic rings. The number of nitrogens with one attached hydrogen (secondary N) is 1. The summed E-state index contributed by atoms with van der Waals surface area (Å²) in [5.41, 5.74) is 0. The van der Waals surface area contributed by atoms with Crippen LogP contribution >= 0.6 is 11.9 Å². The van der Waals surface area contributed by atoms with Gasteiger partial charge in [-0.3, -0.25) is 0 Å². The van der Waals surface area contributed by atoms with E-state index in [1.165, 1.54) is 11.9 Å². The van der Waals surface area contributed by atoms with Gasteiger partial charge in [-0.25, -0.2) is 4.83 Å². The number of nitrogens with zero attached hydrogens (tertiary/aromatic N) is 1. The number of hydrogen-bond acceptors (Lipinski definition) is 3. The average molecular weight is 142 g/mol. The van der Waals surface area contributed by atoms with E-state index < -0.39 is 0 Å². The third-order valence-electron chi connectivity index (χ3n) is 0.413. The predicted molar refractivity (Wildman–Crippen MR) is 36.3 cm³/mol. The molecule has 0 radical (unpaired) electrons. The fourth-order valence-electron chi connectivity index (χ4n) is 0.209. The van der Waals surface area contributed by atoms with Crippen molar-refractivity contribution in [3.63, 3.8) is 0 Å². The maximum atomic E-state index is 3.68. The second-order valence-electron chi connectivity index (χ2n) is 0.816. The molecule has 4 heteroatoms. The monoisotopic (exact) mass is 142 g/mol. The fraction of sp³-hybridized carbons (Fsp3) is 0. The molecule has 0 unspecified atom stereocenters. The van der Waals surface area contributed by atoms with Crippen molar-refractivity contribution in [3.05, 3.63) is 11.5 Å². The van der Waals surface area contributed by atoms with Crippen LogP contribution in [0.4, 0.5) is 0 Å². The van der Waals surface area contributed by atoms with Gasteiger partial charge >= 0.3 is 37.7 Å². The van der Waals surface area contributed by atoms with Gasteiger partial charge in [-0.15, -0.1) is 0 Å². The first kappa shape index (κ1) is 7.82. The molecule has 0 aromatic rings. The standard InChI is InChI=1S/C3H4N2S.Ca.2H/c1-2-4-5-6-3-1;;;/h1-3,5H;;;/q;+2;2*-1. The summed E-state index contributed by atoms with van der Waals surface area (Å²) in [6.07, 6.45) is 3.58. The van der Waals surface area contributed by atoms with Gasteiger partial charge in [0, 0.05) is 6.21 Å². The minimum Gasteiger partial charge on any atom is -1.00 e. The second kappa shape index (κ2) is 4.97. The van der Waals surface area contributed by atoms with Crippen LogP contribution in [0.5, 0.6) is 0 Å². The summed E-state index contributed by atoms with van der Waals surface area (Å²) in [5.74, 6) is 0. The maximum Gasteiger partial charge on any atom is 2.00 e. The summed E-state index contributed by atoms with van der Waals surface area (Å²) in [4.78, 5) is 2.68. The summed E-state index contributed by atoms with van der Waals surface area (Å²) in [6, 6.07) is 0. The van der Waals surface area contributed by atoms with E-state index in [0.717, 1.165) is 0 Å². The zero-order valence-corrected chi connectivity index (χ0v) is 6.82. The van der Waals surface area contributed by atoms with Crippen LogP contribution in [0.25, 0.3) is 0 Å². The molecule has 2 nitrogen and oxygen atoms in total. The first-order valence-corrected chi connectivity index (χ1v) is 2.47. The third kappa shape index (κ3) is 3.41. The SMILES string of the molecule is C1=CSNN=C1.[Ca+2].[H-].[H-]. The van der Waals surface area contributed by atoms with Crippen molar-refractivity contribution in [1.82, 2.24) is 4.83 Å². The van der Waals surface area contributed by atoms with Crippen LogP contribution in [-0.4, -0.2) is 44.0 Å². The van der Waals surface area contributed by atoms with Gasteiger partial charge in [0.15, 0.2) is 0 Å². The maximum absolute atomic E-state index is 3.68. The van der Waals surface area contributed by atoms with E-state index in [-0.39, 0.29) is 40.6 Å². The Morgan fingerprint density at radius 3 is 2.71 bits per heavy atom. The van der Waals surface area contributed by atoms with Crippen molar-refractivity contribution in [3.8, 4) is 0 Å². The first-order valence-electron chi connectivity index (χ1n) is 1.59. The smallest absolute Gasteiger partial charge is 1.00 e. The Hall–Kier alpha value is 0.820. The number of allylic oxidation sites excluding steroid dienone is 1. The molecule has 7 heavy (non-hydrogen) atoms. The molecule has 1 heterocycles. The van der Waals surface area contributed by atoms with Crippen molar-refractivity contribution >= 4 is 55.9 Å². The molecule has 0 aromatic carbocycles. The molecule has 1 aliphatic heterocycles. The Bertz CT molecular complexity index is 85.8. The molecule has 0 bridgehead atoms. The van der Waals surface area contributed by atoms with Gasteiger partial charge in [-0.1, -0.05) is 0 Å². The molecule has 1 rings (SSSR count). The van der Waals surface area contributed by atoms with Crippen LogP contribution in [0.1, 0.15) is 2.85 Å². The van der Waals surface area contributed by atoms with E-state index in [0.29, 0.717) is 0 Å². The Balaban J connectivity index is -0.000000120. The van der Waals surface area contributed by atoms with Gasteiger partial charge < -0.3 is 2.85 Å². The molecule has 0 spiro atoms. The Morgan fingerprint density at radius 2 is 2.57 bits per heavy atom. The van der Waals surface area contributed by atoms with Gasteiger partial charge in [0.05, 0.1) is 0 Å². The van der Waals surface area contributed by atoms with Crippen molar-refractivity contribution in [2.75, 3.05) is 0 Å². The minimum atomic E-state index is 0. The van der Waals surface area contributed by atoms with Crippen LogP contribution in [0.15, 0.2) is 16.6 Å². The molecule has 0 atom stereocenters. The third-order valence-corrected chi connectivity index (χ3v) is 0.917. The predicted octanol–water partition coefficient (Wildman–Crippen LogP) is 0.581. The molecular formula is C3H6CaN2S. The van der Waals surface area contributed by atoms with E-state index >= 15 is 0 Å². The van der Waals surface area contributed by atoms with E-state index in [4.69, 9.17) is 0 Å². The molecular weight excluding hydrogens is 136 g/mol. The zero-order chi connectivity index (χ0) is 4.24. The fourth-order valence-corrected chi connectivity index (χ4v) is 0.540. The van der Waals surface area contributed by atoms with Gasteiger partial charge in [-0.05, 0) is 23.4 Å². The molecule has 0 saturated carbocycles. The van der Waals surface area contributed by atoms with Gasteiger partial charge in [0.1, 0.15) is 0 Å². The van der Waals surface area contributed by atoms with Crippen LogP contribution < -0.4 is 4.83 Å². The van der Waals surface area contributed by atoms with Crippen LogP contribution in [0, 0.1) is 0 Å². The van der Waals surface area contributed by atoms with Crippen molar-refractivity contribution in [2.24, 2.45) is 5.10 Å². The molecule has 0 fully saturated rings. The Kier molecular flexibility index (Phi) is 5.55. The minimum absolute atomic E-state index is 0. The largest absolute Gasteiger partial charge is 2.00 e. The molecule has 0 saturated heterocycles. The summed E-state index contributed by atoms with van der Waals surface area (Å²) >= 11 is 1.47. The van der Waals surface area contributed by atoms with E-state index in [2.05, 4.69) is 9.93 Å². The van der Waals surface area contributed by atoms with E-state index in [1.54, 1.807) is 6.21 Å². The Labute approximate surface area is 79.5 Å².